The highest BCUT2D eigenvalue weighted by Gasteiger charge is 2.20. The zero-order valence-electron chi connectivity index (χ0n) is 12.5. The average molecular weight is 325 g/mol. The maximum atomic E-state index is 12.2. The van der Waals surface area contributed by atoms with Crippen LogP contribution in [0.15, 0.2) is 71.9 Å². The normalized spacial score (nSPS) is 11.3. The van der Waals surface area contributed by atoms with Crippen LogP contribution in [-0.2, 0) is 9.84 Å². The van der Waals surface area contributed by atoms with Crippen LogP contribution in [0.5, 0.6) is 5.75 Å². The topological polar surface area (TPSA) is 67.3 Å². The van der Waals surface area contributed by atoms with Crippen LogP contribution in [0, 0.1) is 0 Å². The maximum Gasteiger partial charge on any atom is 0.176 e. The lowest BCUT2D eigenvalue weighted by Gasteiger charge is -2.15. The van der Waals surface area contributed by atoms with Crippen molar-refractivity contribution >= 4 is 9.84 Å². The van der Waals surface area contributed by atoms with E-state index in [4.69, 9.17) is 0 Å². The number of phenolic OH excluding ortho intramolecular Hbond substituents is 1. The molecule has 4 nitrogen and oxygen atoms in total. The van der Waals surface area contributed by atoms with Gasteiger partial charge in [-0.2, -0.15) is 0 Å². The summed E-state index contributed by atoms with van der Waals surface area (Å²) in [5, 5.41) is 10.0. The van der Waals surface area contributed by atoms with Gasteiger partial charge in [-0.15, -0.1) is 0 Å². The van der Waals surface area contributed by atoms with E-state index in [1.165, 1.54) is 6.07 Å². The Kier molecular flexibility index (Phi) is 3.88. The molecular weight excluding hydrogens is 310 g/mol. The zero-order valence-corrected chi connectivity index (χ0v) is 13.3. The minimum absolute atomic E-state index is 0.0862. The van der Waals surface area contributed by atoms with Crippen LogP contribution in [0.4, 0.5) is 0 Å². The highest BCUT2D eigenvalue weighted by molar-refractivity contribution is 7.90. The molecule has 0 unspecified atom stereocenters. The molecule has 23 heavy (non-hydrogen) atoms. The Bertz CT molecular complexity index is 937. The van der Waals surface area contributed by atoms with Crippen LogP contribution >= 0.6 is 0 Å². The van der Waals surface area contributed by atoms with Gasteiger partial charge >= 0.3 is 0 Å². The number of aromatic hydroxyl groups is 1. The lowest BCUT2D eigenvalue weighted by molar-refractivity contribution is 0.473. The number of nitrogens with zero attached hydrogens (tertiary/aromatic N) is 1. The molecule has 1 heterocycles. The van der Waals surface area contributed by atoms with Gasteiger partial charge in [0.05, 0.1) is 4.90 Å². The Labute approximate surface area is 135 Å². The molecule has 116 valence electrons. The Morgan fingerprint density at radius 2 is 1.57 bits per heavy atom. The predicted octanol–water partition coefficient (Wildman–Crippen LogP) is 3.52. The summed E-state index contributed by atoms with van der Waals surface area (Å²) in [6.07, 6.45) is 4.41. The van der Waals surface area contributed by atoms with Gasteiger partial charge in [0.2, 0.25) is 0 Å². The van der Waals surface area contributed by atoms with Crippen LogP contribution in [0.25, 0.3) is 22.3 Å². The highest BCUT2D eigenvalue weighted by Crippen LogP contribution is 2.39. The molecule has 3 aromatic rings. The van der Waals surface area contributed by atoms with Gasteiger partial charge in [-0.1, -0.05) is 30.3 Å². The monoisotopic (exact) mass is 325 g/mol. The van der Waals surface area contributed by atoms with Crippen LogP contribution < -0.4 is 0 Å². The minimum atomic E-state index is -3.51. The van der Waals surface area contributed by atoms with Crippen LogP contribution in [-0.4, -0.2) is 24.8 Å². The van der Waals surface area contributed by atoms with Crippen molar-refractivity contribution < 1.29 is 13.5 Å². The quantitative estimate of drug-likeness (QED) is 0.800. The van der Waals surface area contributed by atoms with E-state index in [0.717, 1.165) is 17.4 Å². The number of aromatic nitrogens is 1. The summed E-state index contributed by atoms with van der Waals surface area (Å²) in [5.41, 5.74) is 2.80. The van der Waals surface area contributed by atoms with Crippen molar-refractivity contribution in [2.75, 3.05) is 6.26 Å². The van der Waals surface area contributed by atoms with E-state index in [9.17, 15) is 13.5 Å². The van der Waals surface area contributed by atoms with Crippen molar-refractivity contribution in [2.24, 2.45) is 0 Å². The van der Waals surface area contributed by atoms with Gasteiger partial charge < -0.3 is 5.11 Å². The van der Waals surface area contributed by atoms with Gasteiger partial charge in [-0.05, 0) is 41.0 Å². The fourth-order valence-electron chi connectivity index (χ4n) is 2.56. The molecule has 3 rings (SSSR count). The third kappa shape index (κ3) is 3.10. The summed E-state index contributed by atoms with van der Waals surface area (Å²) in [6, 6.07) is 15.7. The summed E-state index contributed by atoms with van der Waals surface area (Å²) >= 11 is 0. The number of hydrogen-bond donors (Lipinski definition) is 1. The lowest BCUT2D eigenvalue weighted by Crippen LogP contribution is -2.02. The summed E-state index contributed by atoms with van der Waals surface area (Å²) in [5.74, 6) is -0.0862. The molecule has 0 aliphatic rings. The summed E-state index contributed by atoms with van der Waals surface area (Å²) in [6.45, 7) is 0. The molecule has 0 saturated carbocycles. The first-order chi connectivity index (χ1) is 11.0. The van der Waals surface area contributed by atoms with Gasteiger partial charge in [0.1, 0.15) is 5.75 Å². The molecule has 2 aromatic carbocycles. The van der Waals surface area contributed by atoms with E-state index in [1.54, 1.807) is 30.6 Å². The molecule has 0 bridgehead atoms. The van der Waals surface area contributed by atoms with Crippen molar-refractivity contribution in [3.05, 3.63) is 67.0 Å². The summed E-state index contributed by atoms with van der Waals surface area (Å²) in [7, 11) is -3.51. The molecule has 0 saturated heterocycles. The number of phenols is 1. The van der Waals surface area contributed by atoms with Gasteiger partial charge in [0, 0.05) is 24.2 Å². The Hall–Kier alpha value is -2.66. The van der Waals surface area contributed by atoms with E-state index in [1.807, 2.05) is 30.3 Å². The largest absolute Gasteiger partial charge is 0.508 e. The zero-order chi connectivity index (χ0) is 16.4. The molecule has 0 aliphatic heterocycles. The third-order valence-corrected chi connectivity index (χ3v) is 4.66. The second kappa shape index (κ2) is 5.85. The smallest absolute Gasteiger partial charge is 0.176 e. The van der Waals surface area contributed by atoms with E-state index < -0.39 is 9.84 Å². The highest BCUT2D eigenvalue weighted by atomic mass is 32.2. The predicted molar refractivity (Wildman–Crippen MR) is 89.9 cm³/mol. The Morgan fingerprint density at radius 1 is 0.913 bits per heavy atom. The summed E-state index contributed by atoms with van der Waals surface area (Å²) in [4.78, 5) is 4.09. The van der Waals surface area contributed by atoms with Gasteiger partial charge in [0.15, 0.2) is 9.84 Å². The molecule has 1 aromatic heterocycles. The maximum absolute atomic E-state index is 12.2. The Morgan fingerprint density at radius 3 is 2.17 bits per heavy atom. The average Bonchev–Trinajstić information content (AvgIpc) is 2.55. The number of hydrogen-bond acceptors (Lipinski definition) is 4. The number of benzene rings is 2. The van der Waals surface area contributed by atoms with E-state index in [-0.39, 0.29) is 10.6 Å². The number of pyridine rings is 1. The van der Waals surface area contributed by atoms with Gasteiger partial charge in [0.25, 0.3) is 0 Å². The van der Waals surface area contributed by atoms with Crippen LogP contribution in [0.2, 0.25) is 0 Å². The first-order valence-electron chi connectivity index (χ1n) is 7.00. The van der Waals surface area contributed by atoms with Crippen LogP contribution in [0.3, 0.4) is 0 Å². The first-order valence-corrected chi connectivity index (χ1v) is 8.89. The van der Waals surface area contributed by atoms with E-state index in [0.29, 0.717) is 11.1 Å². The molecule has 0 aliphatic carbocycles. The second-order valence-corrected chi connectivity index (χ2v) is 7.22. The number of sulfone groups is 1. The Balaban J connectivity index is 2.42. The van der Waals surface area contributed by atoms with Crippen LogP contribution in [0.1, 0.15) is 0 Å². The molecule has 0 atom stereocenters. The standard InChI is InChI=1S/C18H15NO3S/c1-23(21,22)17-12-15(20)11-16(13-7-9-19-10-8-13)18(17)14-5-3-2-4-6-14/h2-12,20H,1H3. The van der Waals surface area contributed by atoms with E-state index in [2.05, 4.69) is 4.98 Å². The van der Waals surface area contributed by atoms with Crippen molar-refractivity contribution in [1.29, 1.82) is 0 Å². The van der Waals surface area contributed by atoms with Crippen molar-refractivity contribution in [2.45, 2.75) is 4.90 Å². The number of rotatable bonds is 3. The molecule has 0 amide bonds. The van der Waals surface area contributed by atoms with Gasteiger partial charge in [-0.3, -0.25) is 4.98 Å². The third-order valence-electron chi connectivity index (χ3n) is 3.54. The molecule has 1 N–H and O–H groups in total. The van der Waals surface area contributed by atoms with E-state index >= 15 is 0 Å². The molecule has 5 heteroatoms. The van der Waals surface area contributed by atoms with Crippen molar-refractivity contribution in [3.63, 3.8) is 0 Å². The molecule has 0 spiro atoms. The first kappa shape index (κ1) is 15.2. The fourth-order valence-corrected chi connectivity index (χ4v) is 3.49. The van der Waals surface area contributed by atoms with Crippen molar-refractivity contribution in [3.8, 4) is 28.0 Å². The fraction of sp³-hybridized carbons (Fsp3) is 0.0556. The summed E-state index contributed by atoms with van der Waals surface area (Å²) < 4.78 is 24.5. The van der Waals surface area contributed by atoms with Gasteiger partial charge in [-0.25, -0.2) is 8.42 Å². The molecular formula is C18H15NO3S. The molecule has 0 radical (unpaired) electrons. The SMILES string of the molecule is CS(=O)(=O)c1cc(O)cc(-c2ccncc2)c1-c1ccccc1. The van der Waals surface area contributed by atoms with Crippen molar-refractivity contribution in [1.82, 2.24) is 4.98 Å². The minimum Gasteiger partial charge on any atom is -0.508 e. The second-order valence-electron chi connectivity index (χ2n) is 5.24. The molecule has 0 fully saturated rings. The lowest BCUT2D eigenvalue weighted by atomic mass is 9.95.